The third-order valence-corrected chi connectivity index (χ3v) is 3.84. The van der Waals surface area contributed by atoms with Gasteiger partial charge in [0.05, 0.1) is 18.9 Å². The Labute approximate surface area is 124 Å². The van der Waals surface area contributed by atoms with Crippen molar-refractivity contribution in [2.24, 2.45) is 0 Å². The highest BCUT2D eigenvalue weighted by atomic mass is 16.5. The molecule has 1 atom stereocenters. The van der Waals surface area contributed by atoms with E-state index in [1.807, 2.05) is 31.2 Å². The third kappa shape index (κ3) is 2.88. The number of H-pyrrole nitrogens is 1. The summed E-state index contributed by atoms with van der Waals surface area (Å²) in [5.74, 6) is 1.75. The summed E-state index contributed by atoms with van der Waals surface area (Å²) in [6, 6.07) is 7.98. The largest absolute Gasteiger partial charge is 0.494 e. The fourth-order valence-electron chi connectivity index (χ4n) is 2.82. The summed E-state index contributed by atoms with van der Waals surface area (Å²) in [5.41, 5.74) is 9.20. The summed E-state index contributed by atoms with van der Waals surface area (Å²) in [6.07, 6.45) is 2.18. The highest BCUT2D eigenvalue weighted by molar-refractivity contribution is 5.77. The molecule has 2 aromatic rings. The van der Waals surface area contributed by atoms with E-state index in [2.05, 4.69) is 10.2 Å². The second-order valence-electron chi connectivity index (χ2n) is 5.27. The molecule has 1 fully saturated rings. The summed E-state index contributed by atoms with van der Waals surface area (Å²) >= 11 is 0. The molecule has 5 nitrogen and oxygen atoms in total. The molecule has 3 rings (SSSR count). The third-order valence-electron chi connectivity index (χ3n) is 3.84. The van der Waals surface area contributed by atoms with Gasteiger partial charge in [0, 0.05) is 18.1 Å². The van der Waals surface area contributed by atoms with Crippen LogP contribution in [0.2, 0.25) is 0 Å². The van der Waals surface area contributed by atoms with E-state index in [9.17, 15) is 0 Å². The Morgan fingerprint density at radius 2 is 2.19 bits per heavy atom. The second-order valence-corrected chi connectivity index (χ2v) is 5.27. The lowest BCUT2D eigenvalue weighted by molar-refractivity contribution is 0.0794. The predicted octanol–water partition coefficient (Wildman–Crippen LogP) is 2.95. The maximum absolute atomic E-state index is 6.06. The zero-order valence-corrected chi connectivity index (χ0v) is 12.3. The number of nitrogen functional groups attached to an aromatic ring is 1. The quantitative estimate of drug-likeness (QED) is 0.906. The highest BCUT2D eigenvalue weighted by Crippen LogP contribution is 2.36. The van der Waals surface area contributed by atoms with Crippen LogP contribution >= 0.6 is 0 Å². The van der Waals surface area contributed by atoms with Crippen molar-refractivity contribution in [2.45, 2.75) is 25.7 Å². The smallest absolute Gasteiger partial charge is 0.153 e. The number of aromatic amines is 1. The number of anilines is 1. The van der Waals surface area contributed by atoms with Gasteiger partial charge in [-0.3, -0.25) is 5.10 Å². The first-order valence-corrected chi connectivity index (χ1v) is 7.44. The molecule has 112 valence electrons. The summed E-state index contributed by atoms with van der Waals surface area (Å²) < 4.78 is 11.1. The van der Waals surface area contributed by atoms with Crippen molar-refractivity contribution in [3.63, 3.8) is 0 Å². The average Bonchev–Trinajstić information content (AvgIpc) is 2.91. The van der Waals surface area contributed by atoms with Crippen molar-refractivity contribution in [1.82, 2.24) is 10.2 Å². The number of rotatable bonds is 4. The van der Waals surface area contributed by atoms with Crippen molar-refractivity contribution in [3.8, 4) is 16.9 Å². The number of benzene rings is 1. The predicted molar refractivity (Wildman–Crippen MR) is 82.4 cm³/mol. The monoisotopic (exact) mass is 287 g/mol. The number of hydrogen-bond acceptors (Lipinski definition) is 4. The molecule has 0 saturated carbocycles. The zero-order valence-electron chi connectivity index (χ0n) is 12.3. The van der Waals surface area contributed by atoms with Gasteiger partial charge >= 0.3 is 0 Å². The van der Waals surface area contributed by atoms with Crippen molar-refractivity contribution < 1.29 is 9.47 Å². The van der Waals surface area contributed by atoms with Crippen molar-refractivity contribution >= 4 is 5.82 Å². The van der Waals surface area contributed by atoms with Gasteiger partial charge in [0.1, 0.15) is 5.75 Å². The lowest BCUT2D eigenvalue weighted by atomic mass is 9.92. The van der Waals surface area contributed by atoms with Gasteiger partial charge in [0.2, 0.25) is 0 Å². The molecule has 0 spiro atoms. The molecule has 5 heteroatoms. The van der Waals surface area contributed by atoms with E-state index in [0.717, 1.165) is 48.6 Å². The lowest BCUT2D eigenvalue weighted by Gasteiger charge is -2.22. The molecular weight excluding hydrogens is 266 g/mol. The number of aromatic nitrogens is 2. The van der Waals surface area contributed by atoms with Gasteiger partial charge in [-0.15, -0.1) is 0 Å². The zero-order chi connectivity index (χ0) is 14.7. The fraction of sp³-hybridized carbons (Fsp3) is 0.438. The van der Waals surface area contributed by atoms with Crippen LogP contribution in [0.15, 0.2) is 24.3 Å². The summed E-state index contributed by atoms with van der Waals surface area (Å²) in [7, 11) is 0. The summed E-state index contributed by atoms with van der Waals surface area (Å²) in [5, 5.41) is 7.29. The van der Waals surface area contributed by atoms with Gasteiger partial charge in [-0.1, -0.05) is 12.1 Å². The van der Waals surface area contributed by atoms with Crippen LogP contribution in [0.1, 0.15) is 31.4 Å². The maximum atomic E-state index is 6.06. The highest BCUT2D eigenvalue weighted by Gasteiger charge is 2.23. The van der Waals surface area contributed by atoms with E-state index >= 15 is 0 Å². The molecule has 1 aliphatic heterocycles. The maximum Gasteiger partial charge on any atom is 0.153 e. The standard InChI is InChI=1S/C16H21N3O2/c1-2-21-13-7-5-11(6-8-13)14-15(18-19-16(14)17)12-4-3-9-20-10-12/h5-8,12H,2-4,9-10H2,1H3,(H3,17,18,19). The van der Waals surface area contributed by atoms with Crippen LogP contribution in [0, 0.1) is 0 Å². The number of nitrogens with two attached hydrogens (primary N) is 1. The van der Waals surface area contributed by atoms with Gasteiger partial charge in [-0.25, -0.2) is 0 Å². The molecule has 1 aromatic carbocycles. The molecule has 1 saturated heterocycles. The Kier molecular flexibility index (Phi) is 4.10. The molecule has 21 heavy (non-hydrogen) atoms. The minimum Gasteiger partial charge on any atom is -0.494 e. The number of nitrogens with zero attached hydrogens (tertiary/aromatic N) is 1. The van der Waals surface area contributed by atoms with Gasteiger partial charge in [-0.05, 0) is 37.5 Å². The van der Waals surface area contributed by atoms with Crippen LogP contribution < -0.4 is 10.5 Å². The topological polar surface area (TPSA) is 73.2 Å². The van der Waals surface area contributed by atoms with Gasteiger partial charge < -0.3 is 15.2 Å². The molecule has 1 aliphatic rings. The van der Waals surface area contributed by atoms with Crippen LogP contribution in [0.25, 0.3) is 11.1 Å². The number of hydrogen-bond donors (Lipinski definition) is 2. The van der Waals surface area contributed by atoms with E-state index in [-0.39, 0.29) is 0 Å². The molecule has 1 unspecified atom stereocenters. The SMILES string of the molecule is CCOc1ccc(-c2c(N)n[nH]c2C2CCCOC2)cc1. The lowest BCUT2D eigenvalue weighted by Crippen LogP contribution is -2.16. The minimum absolute atomic E-state index is 0.338. The van der Waals surface area contributed by atoms with Crippen LogP contribution in [-0.2, 0) is 4.74 Å². The first-order chi connectivity index (χ1) is 10.3. The first kappa shape index (κ1) is 13.9. The van der Waals surface area contributed by atoms with Gasteiger partial charge in [0.15, 0.2) is 5.82 Å². The minimum atomic E-state index is 0.338. The Morgan fingerprint density at radius 1 is 1.38 bits per heavy atom. The van der Waals surface area contributed by atoms with Gasteiger partial charge in [-0.2, -0.15) is 5.10 Å². The number of ether oxygens (including phenoxy) is 2. The van der Waals surface area contributed by atoms with Crippen molar-refractivity contribution in [2.75, 3.05) is 25.6 Å². The second kappa shape index (κ2) is 6.18. The molecule has 0 bridgehead atoms. The summed E-state index contributed by atoms with van der Waals surface area (Å²) in [6.45, 7) is 4.21. The molecule has 0 amide bonds. The molecular formula is C16H21N3O2. The normalized spacial score (nSPS) is 18.6. The first-order valence-electron chi connectivity index (χ1n) is 7.44. The Morgan fingerprint density at radius 3 is 2.86 bits per heavy atom. The molecule has 0 aliphatic carbocycles. The van der Waals surface area contributed by atoms with Crippen LogP contribution in [0.4, 0.5) is 5.82 Å². The van der Waals surface area contributed by atoms with Crippen LogP contribution in [0.5, 0.6) is 5.75 Å². The molecule has 3 N–H and O–H groups in total. The number of nitrogens with one attached hydrogen (secondary N) is 1. The average molecular weight is 287 g/mol. The van der Waals surface area contributed by atoms with Crippen LogP contribution in [0.3, 0.4) is 0 Å². The van der Waals surface area contributed by atoms with Crippen molar-refractivity contribution in [1.29, 1.82) is 0 Å². The fourth-order valence-corrected chi connectivity index (χ4v) is 2.82. The van der Waals surface area contributed by atoms with Crippen molar-refractivity contribution in [3.05, 3.63) is 30.0 Å². The van der Waals surface area contributed by atoms with E-state index in [1.165, 1.54) is 0 Å². The molecule has 1 aromatic heterocycles. The molecule has 0 radical (unpaired) electrons. The van der Waals surface area contributed by atoms with E-state index in [1.54, 1.807) is 0 Å². The Balaban J connectivity index is 1.91. The van der Waals surface area contributed by atoms with E-state index in [4.69, 9.17) is 15.2 Å². The Bertz CT molecular complexity index is 586. The Hall–Kier alpha value is -2.01. The van der Waals surface area contributed by atoms with Crippen LogP contribution in [-0.4, -0.2) is 30.0 Å². The van der Waals surface area contributed by atoms with E-state index in [0.29, 0.717) is 18.3 Å². The van der Waals surface area contributed by atoms with E-state index < -0.39 is 0 Å². The molecule has 2 heterocycles. The van der Waals surface area contributed by atoms with Gasteiger partial charge in [0.25, 0.3) is 0 Å². The summed E-state index contributed by atoms with van der Waals surface area (Å²) in [4.78, 5) is 0.